The first-order valence-corrected chi connectivity index (χ1v) is 19.2. The lowest BCUT2D eigenvalue weighted by molar-refractivity contribution is -0.0481. The van der Waals surface area contributed by atoms with E-state index in [4.69, 9.17) is 0 Å². The molecular weight excluding hydrogens is 558 g/mol. The minimum Gasteiger partial charge on any atom is -0.392 e. The topological polar surface area (TPSA) is 70.4 Å². The largest absolute Gasteiger partial charge is 0.392 e. The molecule has 3 unspecified atom stereocenters. The van der Waals surface area contributed by atoms with Crippen LogP contribution >= 0.6 is 0 Å². The highest BCUT2D eigenvalue weighted by Gasteiger charge is 2.42. The molecule has 3 aliphatic heterocycles. The number of fused-ring (bicyclic) bond motifs is 6. The van der Waals surface area contributed by atoms with Crippen molar-refractivity contribution in [1.29, 1.82) is 0 Å². The van der Waals surface area contributed by atoms with Crippen molar-refractivity contribution in [3.8, 4) is 0 Å². The molecule has 0 amide bonds. The Bertz CT molecular complexity index is 729. The highest BCUT2D eigenvalue weighted by Crippen LogP contribution is 2.38. The van der Waals surface area contributed by atoms with Crippen molar-refractivity contribution in [1.82, 2.24) is 14.7 Å². The van der Waals surface area contributed by atoms with Crippen LogP contribution in [0.15, 0.2) is 0 Å². The Hall–Kier alpha value is -0.240. The standard InChI is InChI=1S/3C13H25NO/c3*1-13(2,3)14-8-10-6-4-5-7-11(9-14)12(10)15/h3*10-12,15H,4-9H2,1-3H3/t3*10-,11+,12?. The third-order valence-corrected chi connectivity index (χ3v) is 12.7. The van der Waals surface area contributed by atoms with Crippen LogP contribution in [0.2, 0.25) is 0 Å². The molecule has 0 aromatic rings. The summed E-state index contributed by atoms with van der Waals surface area (Å²) in [4.78, 5) is 7.71. The molecule has 6 aliphatic rings. The van der Waals surface area contributed by atoms with Crippen molar-refractivity contribution in [2.45, 2.75) is 174 Å². The maximum Gasteiger partial charge on any atom is 0.0620 e. The summed E-state index contributed by atoms with van der Waals surface area (Å²) >= 11 is 0. The van der Waals surface area contributed by atoms with E-state index in [9.17, 15) is 15.3 Å². The molecule has 0 radical (unpaired) electrons. The summed E-state index contributed by atoms with van der Waals surface area (Å²) in [7, 11) is 0. The zero-order valence-corrected chi connectivity index (χ0v) is 31.1. The number of aliphatic hydroxyl groups is 3. The van der Waals surface area contributed by atoms with Gasteiger partial charge in [0.05, 0.1) is 18.3 Å². The van der Waals surface area contributed by atoms with Crippen LogP contribution in [0.1, 0.15) is 139 Å². The van der Waals surface area contributed by atoms with Crippen LogP contribution in [-0.4, -0.2) is 104 Å². The van der Waals surface area contributed by atoms with Gasteiger partial charge in [0, 0.05) is 55.9 Å². The first-order chi connectivity index (χ1) is 20.9. The predicted octanol–water partition coefficient (Wildman–Crippen LogP) is 6.80. The number of nitrogens with zero attached hydrogens (tertiary/aromatic N) is 3. The number of hydrogen-bond donors (Lipinski definition) is 3. The molecule has 264 valence electrons. The highest BCUT2D eigenvalue weighted by atomic mass is 16.3. The lowest BCUT2D eigenvalue weighted by atomic mass is 9.83. The first kappa shape index (κ1) is 37.6. The van der Waals surface area contributed by atoms with E-state index in [0.29, 0.717) is 35.5 Å². The fourth-order valence-corrected chi connectivity index (χ4v) is 9.38. The molecule has 45 heavy (non-hydrogen) atoms. The lowest BCUT2D eigenvalue weighted by Gasteiger charge is -2.46. The monoisotopic (exact) mass is 634 g/mol. The van der Waals surface area contributed by atoms with E-state index >= 15 is 0 Å². The van der Waals surface area contributed by atoms with Gasteiger partial charge in [-0.25, -0.2) is 0 Å². The zero-order valence-electron chi connectivity index (χ0n) is 31.1. The molecule has 3 saturated carbocycles. The maximum absolute atomic E-state index is 10.2. The second-order valence-electron chi connectivity index (χ2n) is 19.1. The minimum atomic E-state index is -0.0221. The summed E-state index contributed by atoms with van der Waals surface area (Å²) in [5, 5.41) is 30.7. The van der Waals surface area contributed by atoms with Gasteiger partial charge in [-0.15, -0.1) is 0 Å². The molecule has 0 spiro atoms. The molecule has 6 bridgehead atoms. The second kappa shape index (κ2) is 15.5. The van der Waals surface area contributed by atoms with Crippen LogP contribution in [0, 0.1) is 35.5 Å². The van der Waals surface area contributed by atoms with Crippen LogP contribution in [0.25, 0.3) is 0 Å². The molecule has 6 heteroatoms. The molecule has 6 fully saturated rings. The van der Waals surface area contributed by atoms with E-state index in [1.54, 1.807) is 0 Å². The number of piperidine rings is 3. The van der Waals surface area contributed by atoms with E-state index in [0.717, 1.165) is 39.3 Å². The Balaban J connectivity index is 0.000000154. The van der Waals surface area contributed by atoms with Crippen molar-refractivity contribution in [2.75, 3.05) is 39.3 Å². The first-order valence-electron chi connectivity index (χ1n) is 19.2. The van der Waals surface area contributed by atoms with Crippen molar-refractivity contribution >= 4 is 0 Å². The maximum atomic E-state index is 10.2. The molecule has 0 aromatic carbocycles. The summed E-state index contributed by atoms with van der Waals surface area (Å²) in [5.74, 6) is 3.20. The Labute approximate surface area is 278 Å². The van der Waals surface area contributed by atoms with Gasteiger partial charge in [0.25, 0.3) is 0 Å². The Morgan fingerprint density at radius 1 is 0.333 bits per heavy atom. The number of likely N-dealkylation sites (tertiary alicyclic amines) is 3. The normalized spacial score (nSPS) is 38.8. The summed E-state index contributed by atoms with van der Waals surface area (Å²) < 4.78 is 0. The molecule has 3 heterocycles. The molecule has 3 N–H and O–H groups in total. The summed E-state index contributed by atoms with van der Waals surface area (Å²) in [6.45, 7) is 27.2. The van der Waals surface area contributed by atoms with E-state index in [2.05, 4.69) is 77.0 Å². The second-order valence-corrected chi connectivity index (χ2v) is 19.1. The van der Waals surface area contributed by atoms with Crippen LogP contribution in [0.4, 0.5) is 0 Å². The van der Waals surface area contributed by atoms with Gasteiger partial charge in [-0.1, -0.05) is 38.5 Å². The Kier molecular flexibility index (Phi) is 13.0. The van der Waals surface area contributed by atoms with Crippen LogP contribution in [0.3, 0.4) is 0 Å². The summed E-state index contributed by atoms with van der Waals surface area (Å²) in [6.07, 6.45) is 15.2. The minimum absolute atomic E-state index is 0.0221. The third kappa shape index (κ3) is 10.1. The summed E-state index contributed by atoms with van der Waals surface area (Å²) in [6, 6.07) is 0. The highest BCUT2D eigenvalue weighted by molar-refractivity contribution is 4.95. The van der Waals surface area contributed by atoms with E-state index in [1.807, 2.05) is 0 Å². The average Bonchev–Trinajstić information content (AvgIpc) is 3.14. The van der Waals surface area contributed by atoms with E-state index in [1.165, 1.54) is 77.0 Å². The number of hydrogen-bond acceptors (Lipinski definition) is 6. The van der Waals surface area contributed by atoms with Gasteiger partial charge in [-0.05, 0) is 136 Å². The van der Waals surface area contributed by atoms with Gasteiger partial charge in [-0.2, -0.15) is 0 Å². The quantitative estimate of drug-likeness (QED) is 0.273. The molecule has 9 atom stereocenters. The Morgan fingerprint density at radius 3 is 0.622 bits per heavy atom. The average molecular weight is 634 g/mol. The van der Waals surface area contributed by atoms with Gasteiger partial charge >= 0.3 is 0 Å². The predicted molar refractivity (Wildman–Crippen MR) is 188 cm³/mol. The Morgan fingerprint density at radius 2 is 0.489 bits per heavy atom. The van der Waals surface area contributed by atoms with Crippen molar-refractivity contribution in [3.05, 3.63) is 0 Å². The molecular formula is C39H75N3O3. The van der Waals surface area contributed by atoms with Gasteiger partial charge in [-0.3, -0.25) is 14.7 Å². The van der Waals surface area contributed by atoms with Crippen LogP contribution in [0.5, 0.6) is 0 Å². The van der Waals surface area contributed by atoms with Crippen molar-refractivity contribution < 1.29 is 15.3 Å². The molecule has 3 saturated heterocycles. The molecule has 6 nitrogen and oxygen atoms in total. The van der Waals surface area contributed by atoms with Crippen LogP contribution in [-0.2, 0) is 0 Å². The van der Waals surface area contributed by atoms with Crippen molar-refractivity contribution in [3.63, 3.8) is 0 Å². The van der Waals surface area contributed by atoms with E-state index in [-0.39, 0.29) is 34.9 Å². The fourth-order valence-electron chi connectivity index (χ4n) is 9.38. The van der Waals surface area contributed by atoms with Gasteiger partial charge in [0.2, 0.25) is 0 Å². The third-order valence-electron chi connectivity index (χ3n) is 12.7. The fraction of sp³-hybridized carbons (Fsp3) is 1.00. The van der Waals surface area contributed by atoms with Gasteiger partial charge < -0.3 is 15.3 Å². The molecule has 3 aliphatic carbocycles. The molecule has 0 aromatic heterocycles. The van der Waals surface area contributed by atoms with Crippen LogP contribution < -0.4 is 0 Å². The van der Waals surface area contributed by atoms with Gasteiger partial charge in [0.15, 0.2) is 0 Å². The smallest absolute Gasteiger partial charge is 0.0620 e. The lowest BCUT2D eigenvalue weighted by Crippen LogP contribution is -2.54. The number of aliphatic hydroxyl groups excluding tert-OH is 3. The van der Waals surface area contributed by atoms with Gasteiger partial charge in [0.1, 0.15) is 0 Å². The summed E-state index contributed by atoms with van der Waals surface area (Å²) in [5.41, 5.74) is 0.795. The molecule has 6 rings (SSSR count). The zero-order chi connectivity index (χ0) is 33.2. The number of rotatable bonds is 0. The van der Waals surface area contributed by atoms with Crippen molar-refractivity contribution in [2.24, 2.45) is 35.5 Å². The SMILES string of the molecule is CC(C)(C)N1C[C@H]2CCCC[C@@H](C1)C2O.CC(C)(C)N1C[C@H]2CCCC[C@@H](C1)C2O.CC(C)(C)N1C[C@H]2CCCC[C@@H](C1)C2O. The van der Waals surface area contributed by atoms with E-state index < -0.39 is 0 Å².